The van der Waals surface area contributed by atoms with Gasteiger partial charge in [-0.2, -0.15) is 5.10 Å². The Morgan fingerprint density at radius 1 is 1.50 bits per heavy atom. The van der Waals surface area contributed by atoms with Crippen LogP contribution in [-0.2, 0) is 24.2 Å². The quantitative estimate of drug-likeness (QED) is 0.887. The van der Waals surface area contributed by atoms with Gasteiger partial charge in [-0.1, -0.05) is 0 Å². The molecule has 0 radical (unpaired) electrons. The molecule has 5 heteroatoms. The molecule has 0 unspecified atom stereocenters. The zero-order valence-electron chi connectivity index (χ0n) is 9.12. The first-order valence-electron chi connectivity index (χ1n) is 5.39. The van der Waals surface area contributed by atoms with Crippen LogP contribution in [0.25, 0.3) is 10.7 Å². The van der Waals surface area contributed by atoms with Gasteiger partial charge in [-0.3, -0.25) is 5.10 Å². The van der Waals surface area contributed by atoms with Crippen LogP contribution in [0, 0.1) is 0 Å². The fraction of sp³-hybridized carbons (Fsp3) is 0.455. The average molecular weight is 235 g/mol. The van der Waals surface area contributed by atoms with Gasteiger partial charge < -0.3 is 4.74 Å². The van der Waals surface area contributed by atoms with Crippen molar-refractivity contribution in [3.8, 4) is 10.7 Å². The fourth-order valence-electron chi connectivity index (χ4n) is 2.05. The Morgan fingerprint density at radius 3 is 3.25 bits per heavy atom. The van der Waals surface area contributed by atoms with Gasteiger partial charge >= 0.3 is 0 Å². The summed E-state index contributed by atoms with van der Waals surface area (Å²) in [7, 11) is 1.65. The molecule has 0 bridgehead atoms. The lowest BCUT2D eigenvalue weighted by Crippen LogP contribution is -1.89. The molecule has 2 aromatic heterocycles. The summed E-state index contributed by atoms with van der Waals surface area (Å²) in [6.07, 6.45) is 3.72. The topological polar surface area (TPSA) is 50.8 Å². The number of thiophene rings is 1. The molecule has 1 aliphatic rings. The van der Waals surface area contributed by atoms with Crippen molar-refractivity contribution in [1.29, 1.82) is 0 Å². The molecule has 0 saturated carbocycles. The molecule has 0 atom stereocenters. The van der Waals surface area contributed by atoms with E-state index >= 15 is 0 Å². The number of hydrogen-bond donors (Lipinski definition) is 1. The van der Waals surface area contributed by atoms with E-state index in [-0.39, 0.29) is 0 Å². The molecular formula is C11H13N3OS. The molecule has 1 N–H and O–H groups in total. The van der Waals surface area contributed by atoms with Gasteiger partial charge in [0.05, 0.1) is 4.88 Å². The molecule has 3 rings (SSSR count). The highest BCUT2D eigenvalue weighted by molar-refractivity contribution is 7.15. The van der Waals surface area contributed by atoms with Gasteiger partial charge in [-0.05, 0) is 30.9 Å². The highest BCUT2D eigenvalue weighted by atomic mass is 32.1. The lowest BCUT2D eigenvalue weighted by atomic mass is 10.2. The summed E-state index contributed by atoms with van der Waals surface area (Å²) >= 11 is 1.82. The van der Waals surface area contributed by atoms with Crippen LogP contribution < -0.4 is 0 Å². The maximum absolute atomic E-state index is 5.01. The minimum atomic E-state index is 0.484. The van der Waals surface area contributed by atoms with Crippen molar-refractivity contribution < 1.29 is 4.74 Å². The van der Waals surface area contributed by atoms with Crippen LogP contribution in [0.3, 0.4) is 0 Å². The molecule has 0 spiro atoms. The van der Waals surface area contributed by atoms with Crippen molar-refractivity contribution in [2.75, 3.05) is 7.11 Å². The number of nitrogens with zero attached hydrogens (tertiary/aromatic N) is 2. The SMILES string of the molecule is COCc1nc(-c2cc3c(s2)CCC3)n[nH]1. The molecule has 0 amide bonds. The van der Waals surface area contributed by atoms with E-state index in [1.807, 2.05) is 11.3 Å². The van der Waals surface area contributed by atoms with Crippen LogP contribution in [0.1, 0.15) is 22.7 Å². The Labute approximate surface area is 97.7 Å². The summed E-state index contributed by atoms with van der Waals surface area (Å²) in [5, 5.41) is 7.10. The summed E-state index contributed by atoms with van der Waals surface area (Å²) in [6.45, 7) is 0.484. The van der Waals surface area contributed by atoms with E-state index in [1.165, 1.54) is 34.6 Å². The van der Waals surface area contributed by atoms with E-state index in [4.69, 9.17) is 4.74 Å². The lowest BCUT2D eigenvalue weighted by Gasteiger charge is -1.90. The number of fused-ring (bicyclic) bond motifs is 1. The molecule has 2 aromatic rings. The van der Waals surface area contributed by atoms with Crippen molar-refractivity contribution >= 4 is 11.3 Å². The molecule has 1 aliphatic carbocycles. The Bertz CT molecular complexity index is 482. The average Bonchev–Trinajstić information content (AvgIpc) is 2.88. The Kier molecular flexibility index (Phi) is 2.49. The Balaban J connectivity index is 1.89. The van der Waals surface area contributed by atoms with Crippen molar-refractivity contribution in [3.63, 3.8) is 0 Å². The molecule has 0 saturated heterocycles. The number of nitrogens with one attached hydrogen (secondary N) is 1. The zero-order chi connectivity index (χ0) is 11.0. The summed E-state index contributed by atoms with van der Waals surface area (Å²) in [5.74, 6) is 1.58. The van der Waals surface area contributed by atoms with Crippen molar-refractivity contribution in [2.45, 2.75) is 25.9 Å². The lowest BCUT2D eigenvalue weighted by molar-refractivity contribution is 0.178. The summed E-state index contributed by atoms with van der Waals surface area (Å²) in [6, 6.07) is 2.23. The van der Waals surface area contributed by atoms with Gasteiger partial charge in [-0.15, -0.1) is 11.3 Å². The predicted octanol–water partition coefficient (Wildman–Crippen LogP) is 2.17. The minimum Gasteiger partial charge on any atom is -0.377 e. The highest BCUT2D eigenvalue weighted by Crippen LogP contribution is 2.34. The molecule has 0 aromatic carbocycles. The van der Waals surface area contributed by atoms with Gasteiger partial charge in [0, 0.05) is 12.0 Å². The van der Waals surface area contributed by atoms with E-state index in [0.717, 1.165) is 11.6 Å². The Hall–Kier alpha value is -1.20. The first-order chi connectivity index (χ1) is 7.86. The number of H-pyrrole nitrogens is 1. The van der Waals surface area contributed by atoms with E-state index in [1.54, 1.807) is 7.11 Å². The van der Waals surface area contributed by atoms with Gasteiger partial charge in [0.2, 0.25) is 0 Å². The number of aryl methyl sites for hydroxylation is 2. The third-order valence-corrected chi connectivity index (χ3v) is 4.01. The molecule has 16 heavy (non-hydrogen) atoms. The van der Waals surface area contributed by atoms with Crippen LogP contribution >= 0.6 is 11.3 Å². The largest absolute Gasteiger partial charge is 0.377 e. The molecule has 0 fully saturated rings. The standard InChI is InChI=1S/C11H13N3OS/c1-15-6-10-12-11(14-13-10)9-5-7-3-2-4-8(7)16-9/h5H,2-4,6H2,1H3,(H,12,13,14). The summed E-state index contributed by atoms with van der Waals surface area (Å²) < 4.78 is 5.01. The highest BCUT2D eigenvalue weighted by Gasteiger charge is 2.17. The summed E-state index contributed by atoms with van der Waals surface area (Å²) in [4.78, 5) is 7.08. The second kappa shape index (κ2) is 3.99. The predicted molar refractivity (Wildman–Crippen MR) is 62.4 cm³/mol. The maximum Gasteiger partial charge on any atom is 0.191 e. The smallest absolute Gasteiger partial charge is 0.191 e. The molecule has 2 heterocycles. The van der Waals surface area contributed by atoms with Crippen LogP contribution in [0.4, 0.5) is 0 Å². The molecule has 0 aliphatic heterocycles. The zero-order valence-corrected chi connectivity index (χ0v) is 9.93. The van der Waals surface area contributed by atoms with E-state index in [0.29, 0.717) is 6.61 Å². The third kappa shape index (κ3) is 1.66. The van der Waals surface area contributed by atoms with E-state index in [2.05, 4.69) is 21.2 Å². The number of aromatic nitrogens is 3. The van der Waals surface area contributed by atoms with E-state index < -0.39 is 0 Å². The van der Waals surface area contributed by atoms with Crippen LogP contribution in [-0.4, -0.2) is 22.3 Å². The first kappa shape index (κ1) is 9.99. The van der Waals surface area contributed by atoms with E-state index in [9.17, 15) is 0 Å². The monoisotopic (exact) mass is 235 g/mol. The number of hydrogen-bond acceptors (Lipinski definition) is 4. The minimum absolute atomic E-state index is 0.484. The number of ether oxygens (including phenoxy) is 1. The number of rotatable bonds is 3. The van der Waals surface area contributed by atoms with Gasteiger partial charge in [0.15, 0.2) is 11.6 Å². The fourth-order valence-corrected chi connectivity index (χ4v) is 3.23. The normalized spacial score (nSPS) is 14.3. The van der Waals surface area contributed by atoms with Gasteiger partial charge in [0.25, 0.3) is 0 Å². The van der Waals surface area contributed by atoms with Crippen LogP contribution in [0.15, 0.2) is 6.07 Å². The first-order valence-corrected chi connectivity index (χ1v) is 6.20. The Morgan fingerprint density at radius 2 is 2.44 bits per heavy atom. The van der Waals surface area contributed by atoms with Crippen molar-refractivity contribution in [1.82, 2.24) is 15.2 Å². The maximum atomic E-state index is 5.01. The van der Waals surface area contributed by atoms with Crippen LogP contribution in [0.2, 0.25) is 0 Å². The molecular weight excluding hydrogens is 222 g/mol. The number of methoxy groups -OCH3 is 1. The molecule has 4 nitrogen and oxygen atoms in total. The second-order valence-electron chi connectivity index (χ2n) is 3.95. The van der Waals surface area contributed by atoms with Gasteiger partial charge in [-0.25, -0.2) is 4.98 Å². The van der Waals surface area contributed by atoms with Crippen LogP contribution in [0.5, 0.6) is 0 Å². The van der Waals surface area contributed by atoms with Crippen molar-refractivity contribution in [2.24, 2.45) is 0 Å². The summed E-state index contributed by atoms with van der Waals surface area (Å²) in [5.41, 5.74) is 1.48. The third-order valence-electron chi connectivity index (χ3n) is 2.78. The van der Waals surface area contributed by atoms with Crippen molar-refractivity contribution in [3.05, 3.63) is 22.3 Å². The molecule has 84 valence electrons. The van der Waals surface area contributed by atoms with Gasteiger partial charge in [0.1, 0.15) is 6.61 Å². The second-order valence-corrected chi connectivity index (χ2v) is 5.09. The number of aromatic amines is 1.